The van der Waals surface area contributed by atoms with E-state index in [1.807, 2.05) is 0 Å². The minimum Gasteiger partial charge on any atom is -0.504 e. The number of carbonyl (C=O) groups is 2. The molecular formula is C21H29NO5. The van der Waals surface area contributed by atoms with E-state index in [1.165, 1.54) is 25.7 Å². The maximum atomic E-state index is 12.3. The molecule has 0 aromatic heterocycles. The molecule has 0 heterocycles. The van der Waals surface area contributed by atoms with Crippen LogP contribution in [-0.2, 0) is 14.3 Å². The second-order valence-electron chi connectivity index (χ2n) is 7.23. The van der Waals surface area contributed by atoms with Gasteiger partial charge in [0.2, 0.25) is 0 Å². The second kappa shape index (κ2) is 9.44. The van der Waals surface area contributed by atoms with Gasteiger partial charge in [-0.05, 0) is 49.0 Å². The quantitative estimate of drug-likeness (QED) is 0.589. The maximum Gasteiger partial charge on any atom is 0.331 e. The molecule has 1 aliphatic carbocycles. The summed E-state index contributed by atoms with van der Waals surface area (Å²) in [7, 11) is 1.45. The summed E-state index contributed by atoms with van der Waals surface area (Å²) in [5, 5.41) is 12.6. The average Bonchev–Trinajstić information content (AvgIpc) is 2.64. The van der Waals surface area contributed by atoms with Crippen LogP contribution in [0, 0.1) is 11.8 Å². The van der Waals surface area contributed by atoms with E-state index in [4.69, 9.17) is 9.47 Å². The van der Waals surface area contributed by atoms with Crippen molar-refractivity contribution in [2.24, 2.45) is 11.8 Å². The maximum absolute atomic E-state index is 12.3. The fourth-order valence-electron chi connectivity index (χ4n) is 3.31. The summed E-state index contributed by atoms with van der Waals surface area (Å²) in [5.41, 5.74) is 0.670. The lowest BCUT2D eigenvalue weighted by atomic mass is 9.78. The summed E-state index contributed by atoms with van der Waals surface area (Å²) in [6, 6.07) is 4.85. The van der Waals surface area contributed by atoms with E-state index in [2.05, 4.69) is 19.2 Å². The zero-order valence-electron chi connectivity index (χ0n) is 16.4. The third-order valence-corrected chi connectivity index (χ3v) is 5.31. The molecule has 0 spiro atoms. The predicted octanol–water partition coefficient (Wildman–Crippen LogP) is 3.29. The minimum absolute atomic E-state index is 0.0220. The molecule has 6 nitrogen and oxygen atoms in total. The van der Waals surface area contributed by atoms with Gasteiger partial charge in [0.1, 0.15) is 0 Å². The molecule has 1 aromatic rings. The van der Waals surface area contributed by atoms with Gasteiger partial charge in [-0.1, -0.05) is 32.8 Å². The third-order valence-electron chi connectivity index (χ3n) is 5.31. The van der Waals surface area contributed by atoms with Crippen LogP contribution in [0.15, 0.2) is 24.3 Å². The standard InChI is InChI=1S/C21H29NO5/c1-13-6-5-7-17(14(13)2)22-21(25)15(3)27-20(24)11-9-16-8-10-18(23)19(12-16)26-4/h8-15,17,23H,5-7H2,1-4H3,(H,22,25)/b11-9+/t13-,14-,15-,17-/m1/s1. The van der Waals surface area contributed by atoms with Gasteiger partial charge in [-0.15, -0.1) is 0 Å². The molecule has 2 N–H and O–H groups in total. The van der Waals surface area contributed by atoms with Crippen LogP contribution in [-0.4, -0.2) is 36.2 Å². The highest BCUT2D eigenvalue weighted by Gasteiger charge is 2.29. The number of carbonyl (C=O) groups excluding carboxylic acids is 2. The highest BCUT2D eigenvalue weighted by molar-refractivity contribution is 5.90. The van der Waals surface area contributed by atoms with Gasteiger partial charge < -0.3 is 19.9 Å². The van der Waals surface area contributed by atoms with Gasteiger partial charge in [-0.25, -0.2) is 4.79 Å². The molecular weight excluding hydrogens is 346 g/mol. The van der Waals surface area contributed by atoms with Crippen molar-refractivity contribution in [3.8, 4) is 11.5 Å². The number of hydrogen-bond donors (Lipinski definition) is 2. The molecule has 1 saturated carbocycles. The summed E-state index contributed by atoms with van der Waals surface area (Å²) < 4.78 is 10.2. The van der Waals surface area contributed by atoms with Crippen molar-refractivity contribution < 1.29 is 24.2 Å². The molecule has 0 saturated heterocycles. The first-order valence-corrected chi connectivity index (χ1v) is 9.38. The summed E-state index contributed by atoms with van der Waals surface area (Å²) in [4.78, 5) is 24.3. The Bertz CT molecular complexity index is 700. The Hall–Kier alpha value is -2.50. The highest BCUT2D eigenvalue weighted by atomic mass is 16.5. The summed E-state index contributed by atoms with van der Waals surface area (Å²) >= 11 is 0. The van der Waals surface area contributed by atoms with E-state index < -0.39 is 12.1 Å². The first-order valence-electron chi connectivity index (χ1n) is 9.38. The van der Waals surface area contributed by atoms with E-state index in [1.54, 1.807) is 25.1 Å². The van der Waals surface area contributed by atoms with Crippen molar-refractivity contribution in [1.82, 2.24) is 5.32 Å². The van der Waals surface area contributed by atoms with Gasteiger partial charge in [-0.3, -0.25) is 4.79 Å². The normalized spacial score (nSPS) is 23.6. The molecule has 27 heavy (non-hydrogen) atoms. The van der Waals surface area contributed by atoms with Gasteiger partial charge in [0.25, 0.3) is 5.91 Å². The zero-order valence-corrected chi connectivity index (χ0v) is 16.4. The van der Waals surface area contributed by atoms with Gasteiger partial charge in [0.15, 0.2) is 17.6 Å². The Balaban J connectivity index is 1.88. The number of amides is 1. The van der Waals surface area contributed by atoms with E-state index in [0.29, 0.717) is 23.1 Å². The van der Waals surface area contributed by atoms with Gasteiger partial charge in [0.05, 0.1) is 7.11 Å². The van der Waals surface area contributed by atoms with E-state index >= 15 is 0 Å². The van der Waals surface area contributed by atoms with Crippen LogP contribution in [0.25, 0.3) is 6.08 Å². The number of aromatic hydroxyl groups is 1. The van der Waals surface area contributed by atoms with Crippen LogP contribution < -0.4 is 10.1 Å². The largest absolute Gasteiger partial charge is 0.504 e. The Morgan fingerprint density at radius 3 is 2.74 bits per heavy atom. The number of esters is 1. The monoisotopic (exact) mass is 375 g/mol. The van der Waals surface area contributed by atoms with Crippen molar-refractivity contribution in [3.63, 3.8) is 0 Å². The topological polar surface area (TPSA) is 84.9 Å². The molecule has 6 heteroatoms. The van der Waals surface area contributed by atoms with Crippen molar-refractivity contribution >= 4 is 18.0 Å². The van der Waals surface area contributed by atoms with Gasteiger partial charge >= 0.3 is 5.97 Å². The minimum atomic E-state index is -0.860. The SMILES string of the molecule is COc1cc(/C=C/C(=O)O[C@H](C)C(=O)N[C@@H]2CCC[C@@H](C)[C@H]2C)ccc1O. The molecule has 148 valence electrons. The third kappa shape index (κ3) is 5.74. The van der Waals surface area contributed by atoms with Crippen LogP contribution in [0.4, 0.5) is 0 Å². The average molecular weight is 375 g/mol. The van der Waals surface area contributed by atoms with Crippen LogP contribution >= 0.6 is 0 Å². The number of methoxy groups -OCH3 is 1. The molecule has 1 aliphatic rings. The lowest BCUT2D eigenvalue weighted by Gasteiger charge is -2.35. The number of phenols is 1. The summed E-state index contributed by atoms with van der Waals surface area (Å²) in [5.74, 6) is 0.453. The number of rotatable bonds is 6. The predicted molar refractivity (Wildman–Crippen MR) is 103 cm³/mol. The van der Waals surface area contributed by atoms with Crippen molar-refractivity contribution in [2.45, 2.75) is 52.2 Å². The number of hydrogen-bond acceptors (Lipinski definition) is 5. The van der Waals surface area contributed by atoms with Crippen LogP contribution in [0.3, 0.4) is 0 Å². The Morgan fingerprint density at radius 2 is 2.04 bits per heavy atom. The summed E-state index contributed by atoms with van der Waals surface area (Å²) in [6.07, 6.45) is 5.18. The first kappa shape index (κ1) is 20.8. The second-order valence-corrected chi connectivity index (χ2v) is 7.23. The molecule has 2 rings (SSSR count). The fourth-order valence-corrected chi connectivity index (χ4v) is 3.31. The van der Waals surface area contributed by atoms with Crippen LogP contribution in [0.1, 0.15) is 45.6 Å². The summed E-state index contributed by atoms with van der Waals surface area (Å²) in [6.45, 7) is 5.93. The van der Waals surface area contributed by atoms with Crippen LogP contribution in [0.5, 0.6) is 11.5 Å². The molecule has 1 aromatic carbocycles. The number of nitrogens with one attached hydrogen (secondary N) is 1. The molecule has 1 fully saturated rings. The lowest BCUT2D eigenvalue weighted by molar-refractivity contribution is -0.150. The molecule has 1 amide bonds. The van der Waals surface area contributed by atoms with E-state index in [9.17, 15) is 14.7 Å². The first-order chi connectivity index (χ1) is 12.8. The van der Waals surface area contributed by atoms with Crippen molar-refractivity contribution in [2.75, 3.05) is 7.11 Å². The molecule has 0 unspecified atom stereocenters. The number of benzene rings is 1. The smallest absolute Gasteiger partial charge is 0.331 e. The van der Waals surface area contributed by atoms with Crippen LogP contribution in [0.2, 0.25) is 0 Å². The molecule has 4 atom stereocenters. The van der Waals surface area contributed by atoms with E-state index in [0.717, 1.165) is 12.8 Å². The van der Waals surface area contributed by atoms with Crippen molar-refractivity contribution in [3.05, 3.63) is 29.8 Å². The number of phenolic OH excluding ortho intramolecular Hbond substituents is 1. The van der Waals surface area contributed by atoms with E-state index in [-0.39, 0.29) is 17.7 Å². The Morgan fingerprint density at radius 1 is 1.30 bits per heavy atom. The Kier molecular flexibility index (Phi) is 7.28. The fraction of sp³-hybridized carbons (Fsp3) is 0.524. The van der Waals surface area contributed by atoms with Gasteiger partial charge in [0, 0.05) is 12.1 Å². The van der Waals surface area contributed by atoms with Crippen molar-refractivity contribution in [1.29, 1.82) is 0 Å². The lowest BCUT2D eigenvalue weighted by Crippen LogP contribution is -2.47. The highest BCUT2D eigenvalue weighted by Crippen LogP contribution is 2.29. The molecule has 0 bridgehead atoms. The Labute approximate surface area is 160 Å². The zero-order chi connectivity index (χ0) is 20.0. The van der Waals surface area contributed by atoms with Gasteiger partial charge in [-0.2, -0.15) is 0 Å². The number of ether oxygens (including phenoxy) is 2. The molecule has 0 radical (unpaired) electrons. The molecule has 0 aliphatic heterocycles.